The third-order valence-corrected chi connectivity index (χ3v) is 8.86. The summed E-state index contributed by atoms with van der Waals surface area (Å²) in [4.78, 5) is 28.5. The first-order chi connectivity index (χ1) is 21.5. The Balaban J connectivity index is 1.33. The van der Waals surface area contributed by atoms with Crippen molar-refractivity contribution in [1.29, 1.82) is 0 Å². The molecule has 6 rings (SSSR count). The van der Waals surface area contributed by atoms with Crippen molar-refractivity contribution in [3.8, 4) is 11.5 Å². The molecule has 1 unspecified atom stereocenters. The lowest BCUT2D eigenvalue weighted by Crippen LogP contribution is -2.30. The van der Waals surface area contributed by atoms with Gasteiger partial charge in [0.05, 0.1) is 11.6 Å². The average molecular weight is 622 g/mol. The molecule has 1 aliphatic heterocycles. The Kier molecular flexibility index (Phi) is 8.62. The van der Waals surface area contributed by atoms with E-state index in [4.69, 9.17) is 4.74 Å². The molecular weight excluding hydrogens is 598 g/mol. The number of carbonyl (C=O) groups is 2. The largest absolute Gasteiger partial charge is 0.503 e. The molecule has 10 heteroatoms. The van der Waals surface area contributed by atoms with E-state index in [2.05, 4.69) is 10.2 Å². The van der Waals surface area contributed by atoms with E-state index in [1.54, 1.807) is 42.5 Å². The van der Waals surface area contributed by atoms with Crippen molar-refractivity contribution in [3.63, 3.8) is 0 Å². The second kappa shape index (κ2) is 13.1. The van der Waals surface area contributed by atoms with Gasteiger partial charge in [0.1, 0.15) is 17.3 Å². The first-order valence-electron chi connectivity index (χ1n) is 13.5. The van der Waals surface area contributed by atoms with Crippen LogP contribution in [0.15, 0.2) is 131 Å². The summed E-state index contributed by atoms with van der Waals surface area (Å²) in [5.74, 6) is -0.608. The SMILES string of the molecule is O=C(C=Cc1ccccc1)C1=C(O)C(=O)N(c2nnc(SCc3ccc(F)cc3)s2)C1c1cccc(Oc2ccccc2)c1. The summed E-state index contributed by atoms with van der Waals surface area (Å²) in [6, 6.07) is 30.7. The number of para-hydroxylation sites is 1. The Bertz CT molecular complexity index is 1860. The first-order valence-corrected chi connectivity index (χ1v) is 15.3. The minimum Gasteiger partial charge on any atom is -0.503 e. The number of hydrogen-bond donors (Lipinski definition) is 1. The Labute approximate surface area is 261 Å². The van der Waals surface area contributed by atoms with Gasteiger partial charge in [-0.15, -0.1) is 10.2 Å². The van der Waals surface area contributed by atoms with Gasteiger partial charge >= 0.3 is 0 Å². The molecule has 4 aromatic carbocycles. The maximum absolute atomic E-state index is 13.6. The normalized spacial score (nSPS) is 14.9. The first kappa shape index (κ1) is 29.0. The number of thioether (sulfide) groups is 1. The van der Waals surface area contributed by atoms with E-state index in [1.807, 2.05) is 60.7 Å². The highest BCUT2D eigenvalue weighted by molar-refractivity contribution is 8.00. The molecule has 0 bridgehead atoms. The van der Waals surface area contributed by atoms with E-state index in [-0.39, 0.29) is 16.5 Å². The predicted molar refractivity (Wildman–Crippen MR) is 169 cm³/mol. The van der Waals surface area contributed by atoms with Gasteiger partial charge in [0.15, 0.2) is 15.9 Å². The monoisotopic (exact) mass is 621 g/mol. The number of hydrogen-bond acceptors (Lipinski definition) is 8. The van der Waals surface area contributed by atoms with Crippen LogP contribution < -0.4 is 9.64 Å². The Morgan fingerprint density at radius 3 is 2.39 bits per heavy atom. The highest BCUT2D eigenvalue weighted by Crippen LogP contribution is 2.44. The third kappa shape index (κ3) is 6.46. The molecular formula is C34H24FN3O4S2. The number of aliphatic hydroxyl groups excluding tert-OH is 1. The second-order valence-electron chi connectivity index (χ2n) is 9.70. The average Bonchev–Trinajstić information content (AvgIpc) is 3.62. The number of anilines is 1. The summed E-state index contributed by atoms with van der Waals surface area (Å²) in [5, 5.41) is 19.8. The molecule has 2 heterocycles. The fourth-order valence-electron chi connectivity index (χ4n) is 4.65. The highest BCUT2D eigenvalue weighted by atomic mass is 32.2. The van der Waals surface area contributed by atoms with Crippen molar-refractivity contribution in [2.24, 2.45) is 0 Å². The molecule has 1 amide bonds. The number of allylic oxidation sites excluding steroid dienone is 1. The lowest BCUT2D eigenvalue weighted by molar-refractivity contribution is -0.117. The molecule has 1 aromatic heterocycles. The van der Waals surface area contributed by atoms with Crippen LogP contribution in [0.1, 0.15) is 22.7 Å². The van der Waals surface area contributed by atoms with E-state index in [9.17, 15) is 19.1 Å². The van der Waals surface area contributed by atoms with Crippen LogP contribution in [-0.2, 0) is 15.3 Å². The number of carbonyl (C=O) groups excluding carboxylic acids is 2. The summed E-state index contributed by atoms with van der Waals surface area (Å²) in [6.45, 7) is 0. The Morgan fingerprint density at radius 1 is 0.932 bits per heavy atom. The van der Waals surface area contributed by atoms with Crippen molar-refractivity contribution in [2.45, 2.75) is 16.1 Å². The van der Waals surface area contributed by atoms with Gasteiger partial charge in [-0.3, -0.25) is 14.5 Å². The topological polar surface area (TPSA) is 92.6 Å². The Morgan fingerprint density at radius 2 is 1.64 bits per heavy atom. The number of nitrogens with zero attached hydrogens (tertiary/aromatic N) is 3. The summed E-state index contributed by atoms with van der Waals surface area (Å²) in [7, 11) is 0. The molecule has 0 radical (unpaired) electrons. The molecule has 218 valence electrons. The van der Waals surface area contributed by atoms with Crippen molar-refractivity contribution < 1.29 is 23.8 Å². The smallest absolute Gasteiger partial charge is 0.296 e. The van der Waals surface area contributed by atoms with Gasteiger partial charge in [0, 0.05) is 5.75 Å². The molecule has 0 spiro atoms. The van der Waals surface area contributed by atoms with Crippen molar-refractivity contribution in [2.75, 3.05) is 4.90 Å². The maximum atomic E-state index is 13.6. The van der Waals surface area contributed by atoms with Crippen molar-refractivity contribution >= 4 is 46.0 Å². The maximum Gasteiger partial charge on any atom is 0.296 e. The van der Waals surface area contributed by atoms with E-state index in [0.717, 1.165) is 22.5 Å². The fraction of sp³-hybridized carbons (Fsp3) is 0.0588. The van der Waals surface area contributed by atoms with E-state index >= 15 is 0 Å². The summed E-state index contributed by atoms with van der Waals surface area (Å²) in [6.07, 6.45) is 2.98. The lowest BCUT2D eigenvalue weighted by atomic mass is 9.95. The van der Waals surface area contributed by atoms with Crippen LogP contribution in [0.3, 0.4) is 0 Å². The summed E-state index contributed by atoms with van der Waals surface area (Å²) >= 11 is 2.55. The van der Waals surface area contributed by atoms with Crippen molar-refractivity contribution in [1.82, 2.24) is 10.2 Å². The molecule has 0 aliphatic carbocycles. The molecule has 0 saturated heterocycles. The van der Waals surface area contributed by atoms with Gasteiger partial charge in [0.2, 0.25) is 5.13 Å². The molecule has 1 atom stereocenters. The molecule has 7 nitrogen and oxygen atoms in total. The van der Waals surface area contributed by atoms with E-state index < -0.39 is 23.5 Å². The number of amides is 1. The van der Waals surface area contributed by atoms with Crippen LogP contribution in [0.5, 0.6) is 11.5 Å². The van der Waals surface area contributed by atoms with Crippen LogP contribution in [0.2, 0.25) is 0 Å². The number of aliphatic hydroxyl groups is 1. The van der Waals surface area contributed by atoms with Crippen LogP contribution in [0.4, 0.5) is 9.52 Å². The highest BCUT2D eigenvalue weighted by Gasteiger charge is 2.45. The second-order valence-corrected chi connectivity index (χ2v) is 11.9. The van der Waals surface area contributed by atoms with Gasteiger partial charge in [0.25, 0.3) is 5.91 Å². The quantitative estimate of drug-likeness (QED) is 0.0961. The number of halogens is 1. The zero-order chi connectivity index (χ0) is 30.5. The van der Waals surface area contributed by atoms with E-state index in [0.29, 0.717) is 27.2 Å². The number of benzene rings is 4. The molecule has 1 N–H and O–H groups in total. The van der Waals surface area contributed by atoms with Gasteiger partial charge in [-0.25, -0.2) is 4.39 Å². The number of ether oxygens (including phenoxy) is 1. The number of aromatic nitrogens is 2. The zero-order valence-corrected chi connectivity index (χ0v) is 24.7. The van der Waals surface area contributed by atoms with Gasteiger partial charge < -0.3 is 9.84 Å². The molecule has 44 heavy (non-hydrogen) atoms. The summed E-state index contributed by atoms with van der Waals surface area (Å²) < 4.78 is 19.9. The predicted octanol–water partition coefficient (Wildman–Crippen LogP) is 7.94. The lowest BCUT2D eigenvalue weighted by Gasteiger charge is -2.24. The Hall–Kier alpha value is -5.06. The molecule has 5 aromatic rings. The van der Waals surface area contributed by atoms with Crippen LogP contribution in [0.25, 0.3) is 6.08 Å². The van der Waals surface area contributed by atoms with Crippen molar-refractivity contribution in [3.05, 3.63) is 149 Å². The van der Waals surface area contributed by atoms with Crippen LogP contribution in [-0.4, -0.2) is 27.0 Å². The number of rotatable bonds is 10. The molecule has 1 aliphatic rings. The zero-order valence-electron chi connectivity index (χ0n) is 23.0. The van der Waals surface area contributed by atoms with E-state index in [1.165, 1.54) is 34.9 Å². The minimum absolute atomic E-state index is 0.0743. The van der Waals surface area contributed by atoms with Gasteiger partial charge in [-0.05, 0) is 59.2 Å². The molecule has 0 fully saturated rings. The third-order valence-electron chi connectivity index (χ3n) is 6.73. The number of ketones is 1. The summed E-state index contributed by atoms with van der Waals surface area (Å²) in [5.41, 5.74) is 2.16. The standard InChI is InChI=1S/C34H24FN3O4S2/c35-25-17-14-23(15-18-25)21-43-34-37-36-33(44-34)38-30(24-10-7-13-27(20-24)42-26-11-5-2-6-12-26)29(31(40)32(38)41)28(39)19-16-22-8-3-1-4-9-22/h1-20,30,40H,21H2. The van der Waals surface area contributed by atoms with Gasteiger partial charge in [-0.1, -0.05) is 102 Å². The van der Waals surface area contributed by atoms with Crippen LogP contribution >= 0.6 is 23.1 Å². The fourth-order valence-corrected chi connectivity index (χ4v) is 6.48. The molecule has 0 saturated carbocycles. The van der Waals surface area contributed by atoms with Gasteiger partial charge in [-0.2, -0.15) is 0 Å². The van der Waals surface area contributed by atoms with Crippen LogP contribution in [0, 0.1) is 5.82 Å². The minimum atomic E-state index is -0.988.